The van der Waals surface area contributed by atoms with Crippen LogP contribution in [-0.2, 0) is 11.3 Å². The van der Waals surface area contributed by atoms with E-state index in [0.717, 1.165) is 59.9 Å². The SMILES string of the molecule is COCc1cc(OCCN2CCC(O)CC2)ccc1-c1ccc(Cl)cc1. The van der Waals surface area contributed by atoms with E-state index in [1.165, 1.54) is 0 Å². The van der Waals surface area contributed by atoms with Crippen molar-refractivity contribution in [1.82, 2.24) is 4.90 Å². The standard InChI is InChI=1S/C21H26ClNO3/c1-25-15-17-14-20(26-13-12-23-10-8-19(24)9-11-23)6-7-21(17)16-2-4-18(22)5-3-16/h2-7,14,19,24H,8-13,15H2,1H3. The van der Waals surface area contributed by atoms with Crippen LogP contribution in [0.15, 0.2) is 42.5 Å². The van der Waals surface area contributed by atoms with Gasteiger partial charge in [0.1, 0.15) is 12.4 Å². The lowest BCUT2D eigenvalue weighted by atomic mass is 10.00. The van der Waals surface area contributed by atoms with Crippen LogP contribution in [0.3, 0.4) is 0 Å². The van der Waals surface area contributed by atoms with E-state index in [2.05, 4.69) is 11.0 Å². The van der Waals surface area contributed by atoms with E-state index < -0.39 is 0 Å². The van der Waals surface area contributed by atoms with Crippen molar-refractivity contribution in [1.29, 1.82) is 0 Å². The Balaban J connectivity index is 1.63. The molecule has 0 aromatic heterocycles. The van der Waals surface area contributed by atoms with Gasteiger partial charge in [-0.1, -0.05) is 29.8 Å². The molecular formula is C21H26ClNO3. The fourth-order valence-corrected chi connectivity index (χ4v) is 3.41. The van der Waals surface area contributed by atoms with Crippen LogP contribution in [0.2, 0.25) is 5.02 Å². The number of methoxy groups -OCH3 is 1. The highest BCUT2D eigenvalue weighted by Gasteiger charge is 2.16. The minimum absolute atomic E-state index is 0.135. The Morgan fingerprint density at radius 1 is 1.12 bits per heavy atom. The Hall–Kier alpha value is -1.59. The molecule has 0 aliphatic carbocycles. The summed E-state index contributed by atoms with van der Waals surface area (Å²) in [5.74, 6) is 0.854. The molecule has 1 aliphatic heterocycles. The normalized spacial score (nSPS) is 16.0. The van der Waals surface area contributed by atoms with Gasteiger partial charge in [-0.3, -0.25) is 4.90 Å². The number of nitrogens with zero attached hydrogens (tertiary/aromatic N) is 1. The molecule has 2 aromatic carbocycles. The van der Waals surface area contributed by atoms with Crippen molar-refractivity contribution in [3.63, 3.8) is 0 Å². The third-order valence-corrected chi connectivity index (χ3v) is 5.02. The topological polar surface area (TPSA) is 41.9 Å². The van der Waals surface area contributed by atoms with E-state index in [4.69, 9.17) is 21.1 Å². The molecule has 1 aliphatic rings. The molecule has 0 saturated carbocycles. The number of hydrogen-bond acceptors (Lipinski definition) is 4. The number of benzene rings is 2. The summed E-state index contributed by atoms with van der Waals surface area (Å²) in [6.07, 6.45) is 1.57. The number of hydrogen-bond donors (Lipinski definition) is 1. The first-order valence-corrected chi connectivity index (χ1v) is 9.44. The molecule has 4 nitrogen and oxygen atoms in total. The summed E-state index contributed by atoms with van der Waals surface area (Å²) >= 11 is 5.99. The summed E-state index contributed by atoms with van der Waals surface area (Å²) in [5, 5.41) is 10.3. The van der Waals surface area contributed by atoms with Crippen molar-refractivity contribution in [2.45, 2.75) is 25.6 Å². The molecule has 1 saturated heterocycles. The number of halogens is 1. The highest BCUT2D eigenvalue weighted by atomic mass is 35.5. The molecule has 0 amide bonds. The van der Waals surface area contributed by atoms with Crippen molar-refractivity contribution in [3.8, 4) is 16.9 Å². The number of ether oxygens (including phenoxy) is 2. The fourth-order valence-electron chi connectivity index (χ4n) is 3.28. The summed E-state index contributed by atoms with van der Waals surface area (Å²) in [6.45, 7) is 3.93. The van der Waals surface area contributed by atoms with Crippen molar-refractivity contribution >= 4 is 11.6 Å². The lowest BCUT2D eigenvalue weighted by Gasteiger charge is -2.29. The molecule has 0 spiro atoms. The highest BCUT2D eigenvalue weighted by molar-refractivity contribution is 6.30. The molecule has 0 bridgehead atoms. The molecule has 0 atom stereocenters. The van der Waals surface area contributed by atoms with Gasteiger partial charge >= 0.3 is 0 Å². The van der Waals surface area contributed by atoms with Crippen LogP contribution in [0.4, 0.5) is 0 Å². The number of likely N-dealkylation sites (tertiary alicyclic amines) is 1. The summed E-state index contributed by atoms with van der Waals surface area (Å²) in [7, 11) is 1.70. The van der Waals surface area contributed by atoms with E-state index >= 15 is 0 Å². The molecule has 1 fully saturated rings. The average molecular weight is 376 g/mol. The smallest absolute Gasteiger partial charge is 0.119 e. The lowest BCUT2D eigenvalue weighted by Crippen LogP contribution is -2.38. The largest absolute Gasteiger partial charge is 0.492 e. The molecule has 1 heterocycles. The third-order valence-electron chi connectivity index (χ3n) is 4.77. The predicted molar refractivity (Wildman–Crippen MR) is 105 cm³/mol. The molecule has 5 heteroatoms. The van der Waals surface area contributed by atoms with Crippen LogP contribution in [-0.4, -0.2) is 49.5 Å². The Morgan fingerprint density at radius 3 is 2.54 bits per heavy atom. The molecule has 0 unspecified atom stereocenters. The van der Waals surface area contributed by atoms with Crippen LogP contribution >= 0.6 is 11.6 Å². The van der Waals surface area contributed by atoms with E-state index in [1.54, 1.807) is 7.11 Å². The first-order valence-electron chi connectivity index (χ1n) is 9.07. The molecular weight excluding hydrogens is 350 g/mol. The first kappa shape index (κ1) is 19.2. The predicted octanol–water partition coefficient (Wildman–Crippen LogP) is 3.99. The molecule has 140 valence electrons. The van der Waals surface area contributed by atoms with Crippen LogP contribution < -0.4 is 4.74 Å². The van der Waals surface area contributed by atoms with Gasteiger partial charge in [0.15, 0.2) is 0 Å². The second-order valence-corrected chi connectivity index (χ2v) is 7.12. The maximum Gasteiger partial charge on any atom is 0.119 e. The lowest BCUT2D eigenvalue weighted by molar-refractivity contribution is 0.0754. The van der Waals surface area contributed by atoms with Crippen molar-refractivity contribution in [3.05, 3.63) is 53.1 Å². The number of rotatable bonds is 7. The van der Waals surface area contributed by atoms with Crippen molar-refractivity contribution in [2.24, 2.45) is 0 Å². The van der Waals surface area contributed by atoms with Gasteiger partial charge in [0.25, 0.3) is 0 Å². The van der Waals surface area contributed by atoms with Gasteiger partial charge in [0, 0.05) is 31.8 Å². The minimum atomic E-state index is -0.135. The number of piperidine rings is 1. The molecule has 2 aromatic rings. The Bertz CT molecular complexity index is 697. The van der Waals surface area contributed by atoms with E-state index in [1.807, 2.05) is 36.4 Å². The molecule has 3 rings (SSSR count). The van der Waals surface area contributed by atoms with Crippen molar-refractivity contribution in [2.75, 3.05) is 33.4 Å². The van der Waals surface area contributed by atoms with E-state index in [-0.39, 0.29) is 6.10 Å². The summed E-state index contributed by atoms with van der Waals surface area (Å²) in [6, 6.07) is 14.0. The molecule has 0 radical (unpaired) electrons. The van der Waals surface area contributed by atoms with Crippen molar-refractivity contribution < 1.29 is 14.6 Å². The van der Waals surface area contributed by atoms with Gasteiger partial charge in [0.2, 0.25) is 0 Å². The third kappa shape index (κ3) is 5.21. The quantitative estimate of drug-likeness (QED) is 0.794. The highest BCUT2D eigenvalue weighted by Crippen LogP contribution is 2.29. The maximum absolute atomic E-state index is 9.57. The number of aliphatic hydroxyl groups is 1. The maximum atomic E-state index is 9.57. The van der Waals surface area contributed by atoms with Gasteiger partial charge in [-0.15, -0.1) is 0 Å². The molecule has 26 heavy (non-hydrogen) atoms. The Kier molecular flexibility index (Phi) is 6.92. The zero-order chi connectivity index (χ0) is 18.4. The Morgan fingerprint density at radius 2 is 1.85 bits per heavy atom. The van der Waals surface area contributed by atoms with Crippen LogP contribution in [0.1, 0.15) is 18.4 Å². The Labute approximate surface area is 160 Å². The second kappa shape index (κ2) is 9.38. The monoisotopic (exact) mass is 375 g/mol. The van der Waals surface area contributed by atoms with Gasteiger partial charge in [-0.25, -0.2) is 0 Å². The second-order valence-electron chi connectivity index (χ2n) is 6.68. The van der Waals surface area contributed by atoms with Crippen LogP contribution in [0, 0.1) is 0 Å². The van der Waals surface area contributed by atoms with Gasteiger partial charge in [0.05, 0.1) is 12.7 Å². The zero-order valence-electron chi connectivity index (χ0n) is 15.2. The van der Waals surface area contributed by atoms with Crippen LogP contribution in [0.5, 0.6) is 5.75 Å². The zero-order valence-corrected chi connectivity index (χ0v) is 15.9. The summed E-state index contributed by atoms with van der Waals surface area (Å²) < 4.78 is 11.3. The fraction of sp³-hybridized carbons (Fsp3) is 0.429. The van der Waals surface area contributed by atoms with Gasteiger partial charge < -0.3 is 14.6 Å². The average Bonchev–Trinajstić information content (AvgIpc) is 2.65. The minimum Gasteiger partial charge on any atom is -0.492 e. The van der Waals surface area contributed by atoms with Gasteiger partial charge in [-0.05, 0) is 53.8 Å². The molecule has 1 N–H and O–H groups in total. The van der Waals surface area contributed by atoms with E-state index in [0.29, 0.717) is 13.2 Å². The van der Waals surface area contributed by atoms with E-state index in [9.17, 15) is 5.11 Å². The first-order chi connectivity index (χ1) is 12.7. The van der Waals surface area contributed by atoms with Crippen LogP contribution in [0.25, 0.3) is 11.1 Å². The van der Waals surface area contributed by atoms with Gasteiger partial charge in [-0.2, -0.15) is 0 Å². The summed E-state index contributed by atoms with van der Waals surface area (Å²) in [5.41, 5.74) is 3.33. The number of aliphatic hydroxyl groups excluding tert-OH is 1. The summed E-state index contributed by atoms with van der Waals surface area (Å²) in [4.78, 5) is 2.34.